The van der Waals surface area contributed by atoms with Crippen LogP contribution in [0.15, 0.2) is 18.2 Å². The van der Waals surface area contributed by atoms with Crippen LogP contribution < -0.4 is 5.73 Å². The third-order valence-corrected chi connectivity index (χ3v) is 2.30. The highest BCUT2D eigenvalue weighted by Gasteiger charge is 2.01. The van der Waals surface area contributed by atoms with Crippen LogP contribution in [0.1, 0.15) is 30.0 Å². The Morgan fingerprint density at radius 3 is 2.15 bits per heavy atom. The van der Waals surface area contributed by atoms with Crippen molar-refractivity contribution in [2.24, 2.45) is 5.73 Å². The van der Waals surface area contributed by atoms with Gasteiger partial charge in [0.05, 0.1) is 0 Å². The molecule has 0 aliphatic rings. The third kappa shape index (κ3) is 3.19. The molecular weight excluding hydrogens is 158 g/mol. The summed E-state index contributed by atoms with van der Waals surface area (Å²) in [5, 5.41) is 0. The number of nitrogens with two attached hydrogens (primary N) is 1. The van der Waals surface area contributed by atoms with Gasteiger partial charge in [-0.05, 0) is 32.3 Å². The molecule has 0 aliphatic carbocycles. The Hall–Kier alpha value is -0.820. The number of rotatable bonds is 3. The van der Waals surface area contributed by atoms with Crippen LogP contribution in [0, 0.1) is 13.8 Å². The third-order valence-electron chi connectivity index (χ3n) is 2.30. The van der Waals surface area contributed by atoms with Crippen LogP contribution >= 0.6 is 0 Å². The second-order valence-electron chi connectivity index (χ2n) is 3.87. The van der Waals surface area contributed by atoms with E-state index in [0.29, 0.717) is 6.04 Å². The first-order valence-corrected chi connectivity index (χ1v) is 4.94. The first-order valence-electron chi connectivity index (χ1n) is 4.94. The minimum absolute atomic E-state index is 0.307. The number of aryl methyl sites for hydroxylation is 2. The molecule has 0 spiro atoms. The molecule has 0 bridgehead atoms. The van der Waals surface area contributed by atoms with E-state index in [2.05, 4.69) is 39.0 Å². The first kappa shape index (κ1) is 10.3. The zero-order valence-corrected chi connectivity index (χ0v) is 8.80. The fourth-order valence-electron chi connectivity index (χ4n) is 1.63. The van der Waals surface area contributed by atoms with Gasteiger partial charge in [0.1, 0.15) is 0 Å². The van der Waals surface area contributed by atoms with E-state index in [1.807, 2.05) is 0 Å². The highest BCUT2D eigenvalue weighted by atomic mass is 14.6. The summed E-state index contributed by atoms with van der Waals surface area (Å²) in [7, 11) is 0. The number of benzene rings is 1. The van der Waals surface area contributed by atoms with Gasteiger partial charge >= 0.3 is 0 Å². The SMILES string of the molecule is CC[C@H](N)Cc1cc(C)cc(C)c1. The van der Waals surface area contributed by atoms with Gasteiger partial charge in [0.15, 0.2) is 0 Å². The van der Waals surface area contributed by atoms with Gasteiger partial charge in [-0.1, -0.05) is 36.2 Å². The first-order chi connectivity index (χ1) is 6.11. The molecule has 72 valence electrons. The van der Waals surface area contributed by atoms with Crippen LogP contribution in [0.3, 0.4) is 0 Å². The molecule has 0 amide bonds. The predicted molar refractivity (Wildman–Crippen MR) is 57.9 cm³/mol. The van der Waals surface area contributed by atoms with E-state index in [1.165, 1.54) is 16.7 Å². The molecule has 1 nitrogen and oxygen atoms in total. The van der Waals surface area contributed by atoms with E-state index in [0.717, 1.165) is 12.8 Å². The molecule has 0 unspecified atom stereocenters. The number of hydrogen-bond donors (Lipinski definition) is 1. The van der Waals surface area contributed by atoms with Crippen LogP contribution in [0.5, 0.6) is 0 Å². The maximum Gasteiger partial charge on any atom is 0.00766 e. The largest absolute Gasteiger partial charge is 0.327 e. The standard InChI is InChI=1S/C12H19N/c1-4-12(13)8-11-6-9(2)5-10(3)7-11/h5-7,12H,4,8,13H2,1-3H3/t12-/m0/s1. The topological polar surface area (TPSA) is 26.0 Å². The van der Waals surface area contributed by atoms with Crippen molar-refractivity contribution < 1.29 is 0 Å². The lowest BCUT2D eigenvalue weighted by atomic mass is 10.0. The second-order valence-corrected chi connectivity index (χ2v) is 3.87. The van der Waals surface area contributed by atoms with E-state index < -0.39 is 0 Å². The van der Waals surface area contributed by atoms with Gasteiger partial charge in [0.25, 0.3) is 0 Å². The quantitative estimate of drug-likeness (QED) is 0.754. The molecule has 0 aliphatic heterocycles. The van der Waals surface area contributed by atoms with Gasteiger partial charge in [-0.25, -0.2) is 0 Å². The molecule has 0 radical (unpaired) electrons. The molecule has 13 heavy (non-hydrogen) atoms. The Morgan fingerprint density at radius 1 is 1.15 bits per heavy atom. The second kappa shape index (κ2) is 4.43. The van der Waals surface area contributed by atoms with Crippen molar-refractivity contribution >= 4 is 0 Å². The lowest BCUT2D eigenvalue weighted by Gasteiger charge is -2.10. The Bertz CT molecular complexity index is 258. The lowest BCUT2D eigenvalue weighted by Crippen LogP contribution is -2.21. The van der Waals surface area contributed by atoms with Gasteiger partial charge in [-0.2, -0.15) is 0 Å². The summed E-state index contributed by atoms with van der Waals surface area (Å²) in [6.07, 6.45) is 2.05. The molecule has 1 aromatic carbocycles. The maximum absolute atomic E-state index is 5.91. The van der Waals surface area contributed by atoms with Gasteiger partial charge in [0, 0.05) is 6.04 Å². The Morgan fingerprint density at radius 2 is 1.69 bits per heavy atom. The summed E-state index contributed by atoms with van der Waals surface area (Å²) < 4.78 is 0. The average Bonchev–Trinajstić information content (AvgIpc) is 2.02. The Kier molecular flexibility index (Phi) is 3.49. The molecule has 0 aromatic heterocycles. The minimum atomic E-state index is 0.307. The smallest absolute Gasteiger partial charge is 0.00766 e. The molecular formula is C12H19N. The van der Waals surface area contributed by atoms with Crippen molar-refractivity contribution in [3.05, 3.63) is 34.9 Å². The van der Waals surface area contributed by atoms with Crippen LogP contribution in [-0.2, 0) is 6.42 Å². The molecule has 0 saturated heterocycles. The molecule has 1 heteroatoms. The molecule has 1 atom stereocenters. The molecule has 2 N–H and O–H groups in total. The maximum atomic E-state index is 5.91. The van der Waals surface area contributed by atoms with Gasteiger partial charge in [-0.15, -0.1) is 0 Å². The van der Waals surface area contributed by atoms with E-state index >= 15 is 0 Å². The van der Waals surface area contributed by atoms with Gasteiger partial charge in [0.2, 0.25) is 0 Å². The normalized spacial score (nSPS) is 12.9. The predicted octanol–water partition coefficient (Wildman–Crippen LogP) is 2.58. The average molecular weight is 177 g/mol. The monoisotopic (exact) mass is 177 g/mol. The lowest BCUT2D eigenvalue weighted by molar-refractivity contribution is 0.646. The summed E-state index contributed by atoms with van der Waals surface area (Å²) in [6, 6.07) is 6.95. The fraction of sp³-hybridized carbons (Fsp3) is 0.500. The summed E-state index contributed by atoms with van der Waals surface area (Å²) in [4.78, 5) is 0. The van der Waals surface area contributed by atoms with Crippen LogP contribution in [-0.4, -0.2) is 6.04 Å². The molecule has 0 fully saturated rings. The summed E-state index contributed by atoms with van der Waals surface area (Å²) in [5.74, 6) is 0. The fourth-order valence-corrected chi connectivity index (χ4v) is 1.63. The van der Waals surface area contributed by atoms with E-state index in [9.17, 15) is 0 Å². The summed E-state index contributed by atoms with van der Waals surface area (Å²) in [5.41, 5.74) is 9.94. The number of hydrogen-bond acceptors (Lipinski definition) is 1. The van der Waals surface area contributed by atoms with Crippen molar-refractivity contribution in [2.75, 3.05) is 0 Å². The van der Waals surface area contributed by atoms with E-state index in [-0.39, 0.29) is 0 Å². The van der Waals surface area contributed by atoms with Crippen LogP contribution in [0.2, 0.25) is 0 Å². The van der Waals surface area contributed by atoms with Gasteiger partial charge < -0.3 is 5.73 Å². The van der Waals surface area contributed by atoms with E-state index in [1.54, 1.807) is 0 Å². The summed E-state index contributed by atoms with van der Waals surface area (Å²) in [6.45, 7) is 6.40. The van der Waals surface area contributed by atoms with E-state index in [4.69, 9.17) is 5.73 Å². The molecule has 0 saturated carbocycles. The Balaban J connectivity index is 2.77. The van der Waals surface area contributed by atoms with Crippen molar-refractivity contribution in [3.63, 3.8) is 0 Å². The molecule has 1 rings (SSSR count). The van der Waals surface area contributed by atoms with Crippen molar-refractivity contribution in [2.45, 2.75) is 39.7 Å². The van der Waals surface area contributed by atoms with Gasteiger partial charge in [-0.3, -0.25) is 0 Å². The van der Waals surface area contributed by atoms with Crippen molar-refractivity contribution in [3.8, 4) is 0 Å². The zero-order chi connectivity index (χ0) is 9.84. The molecule has 1 aromatic rings. The Labute approximate surface area is 81.0 Å². The highest BCUT2D eigenvalue weighted by molar-refractivity contribution is 5.28. The zero-order valence-electron chi connectivity index (χ0n) is 8.80. The van der Waals surface area contributed by atoms with Crippen LogP contribution in [0.25, 0.3) is 0 Å². The highest BCUT2D eigenvalue weighted by Crippen LogP contribution is 2.11. The van der Waals surface area contributed by atoms with Crippen molar-refractivity contribution in [1.29, 1.82) is 0 Å². The molecule has 0 heterocycles. The van der Waals surface area contributed by atoms with Crippen LogP contribution in [0.4, 0.5) is 0 Å². The summed E-state index contributed by atoms with van der Waals surface area (Å²) >= 11 is 0. The van der Waals surface area contributed by atoms with Crippen molar-refractivity contribution in [1.82, 2.24) is 0 Å². The minimum Gasteiger partial charge on any atom is -0.327 e.